The summed E-state index contributed by atoms with van der Waals surface area (Å²) in [5.74, 6) is 0. The van der Waals surface area contributed by atoms with Crippen molar-refractivity contribution in [1.82, 2.24) is 15.2 Å². The molecule has 1 saturated heterocycles. The highest BCUT2D eigenvalue weighted by Gasteiger charge is 2.20. The molecule has 1 aliphatic rings. The number of nitrogens with zero attached hydrogens (tertiary/aromatic N) is 2. The maximum Gasteiger partial charge on any atom is 0.0686 e. The average Bonchev–Trinajstić information content (AvgIpc) is 2.75. The molecule has 1 aromatic heterocycles. The molecule has 5 heteroatoms. The number of pyridine rings is 1. The van der Waals surface area contributed by atoms with E-state index in [4.69, 9.17) is 0 Å². The highest BCUT2D eigenvalue weighted by molar-refractivity contribution is 9.11. The minimum Gasteiger partial charge on any atom is -0.315 e. The van der Waals surface area contributed by atoms with Crippen molar-refractivity contribution in [3.8, 4) is 0 Å². The summed E-state index contributed by atoms with van der Waals surface area (Å²) in [6.07, 6.45) is 3.07. The lowest BCUT2D eigenvalue weighted by atomic mass is 10.2. The van der Waals surface area contributed by atoms with Crippen LogP contribution in [0, 0.1) is 0 Å². The molecule has 2 rings (SSSR count). The number of aromatic nitrogens is 1. The Bertz CT molecular complexity index is 364. The second-order valence-electron chi connectivity index (χ2n) is 4.14. The van der Waals surface area contributed by atoms with E-state index in [0.29, 0.717) is 6.04 Å². The zero-order valence-electron chi connectivity index (χ0n) is 9.21. The Balaban J connectivity index is 2.02. The molecular weight excluding hydrogens is 334 g/mol. The average molecular weight is 349 g/mol. The standard InChI is InChI=1S/C11H15Br2N3/c1-16(9-2-3-14-6-9)7-11-10(13)4-8(12)5-15-11/h4-5,9,14H,2-3,6-7H2,1H3. The molecule has 1 unspecified atom stereocenters. The summed E-state index contributed by atoms with van der Waals surface area (Å²) in [4.78, 5) is 6.80. The highest BCUT2D eigenvalue weighted by Crippen LogP contribution is 2.21. The van der Waals surface area contributed by atoms with E-state index in [1.54, 1.807) is 0 Å². The third-order valence-electron chi connectivity index (χ3n) is 2.94. The molecule has 0 radical (unpaired) electrons. The van der Waals surface area contributed by atoms with E-state index in [1.807, 2.05) is 12.3 Å². The zero-order chi connectivity index (χ0) is 11.5. The van der Waals surface area contributed by atoms with E-state index >= 15 is 0 Å². The van der Waals surface area contributed by atoms with Crippen LogP contribution in [0.1, 0.15) is 12.1 Å². The van der Waals surface area contributed by atoms with Crippen molar-refractivity contribution in [3.05, 3.63) is 26.9 Å². The maximum atomic E-state index is 4.43. The van der Waals surface area contributed by atoms with Crippen LogP contribution in [-0.4, -0.2) is 36.1 Å². The molecule has 2 heterocycles. The highest BCUT2D eigenvalue weighted by atomic mass is 79.9. The van der Waals surface area contributed by atoms with Gasteiger partial charge in [-0.1, -0.05) is 0 Å². The Morgan fingerprint density at radius 1 is 1.56 bits per heavy atom. The van der Waals surface area contributed by atoms with Gasteiger partial charge in [-0.15, -0.1) is 0 Å². The first-order valence-electron chi connectivity index (χ1n) is 5.37. The minimum atomic E-state index is 0.636. The summed E-state index contributed by atoms with van der Waals surface area (Å²) in [7, 11) is 2.16. The fourth-order valence-corrected chi connectivity index (χ4v) is 3.05. The van der Waals surface area contributed by atoms with E-state index in [0.717, 1.165) is 34.3 Å². The first-order valence-corrected chi connectivity index (χ1v) is 6.96. The Labute approximate surface area is 113 Å². The van der Waals surface area contributed by atoms with Crippen LogP contribution in [0.3, 0.4) is 0 Å². The molecule has 0 amide bonds. The van der Waals surface area contributed by atoms with Crippen LogP contribution in [0.15, 0.2) is 21.2 Å². The van der Waals surface area contributed by atoms with E-state index in [2.05, 4.69) is 54.1 Å². The molecule has 0 bridgehead atoms. The quantitative estimate of drug-likeness (QED) is 0.909. The van der Waals surface area contributed by atoms with Gasteiger partial charge in [-0.2, -0.15) is 0 Å². The van der Waals surface area contributed by atoms with Gasteiger partial charge in [-0.3, -0.25) is 9.88 Å². The van der Waals surface area contributed by atoms with Crippen molar-refractivity contribution in [1.29, 1.82) is 0 Å². The molecule has 1 aromatic rings. The third-order valence-corrected chi connectivity index (χ3v) is 4.06. The molecule has 88 valence electrons. The molecular formula is C11H15Br2N3. The number of halogens is 2. The van der Waals surface area contributed by atoms with Crippen LogP contribution in [-0.2, 0) is 6.54 Å². The summed E-state index contributed by atoms with van der Waals surface area (Å²) < 4.78 is 2.08. The van der Waals surface area contributed by atoms with Gasteiger partial charge < -0.3 is 5.32 Å². The van der Waals surface area contributed by atoms with Crippen molar-refractivity contribution in [3.63, 3.8) is 0 Å². The van der Waals surface area contributed by atoms with Crippen molar-refractivity contribution in [2.75, 3.05) is 20.1 Å². The number of likely N-dealkylation sites (N-methyl/N-ethyl adjacent to an activating group) is 1. The molecule has 0 saturated carbocycles. The summed E-state index contributed by atoms with van der Waals surface area (Å²) in [6, 6.07) is 2.68. The molecule has 16 heavy (non-hydrogen) atoms. The van der Waals surface area contributed by atoms with E-state index < -0.39 is 0 Å². The zero-order valence-corrected chi connectivity index (χ0v) is 12.4. The lowest BCUT2D eigenvalue weighted by Crippen LogP contribution is -2.33. The van der Waals surface area contributed by atoms with Crippen LogP contribution in [0.25, 0.3) is 0 Å². The molecule has 1 N–H and O–H groups in total. The fourth-order valence-electron chi connectivity index (χ4n) is 1.94. The van der Waals surface area contributed by atoms with Crippen molar-refractivity contribution in [2.24, 2.45) is 0 Å². The molecule has 0 aromatic carbocycles. The van der Waals surface area contributed by atoms with Crippen LogP contribution < -0.4 is 5.32 Å². The molecule has 1 aliphatic heterocycles. The van der Waals surface area contributed by atoms with Crippen LogP contribution in [0.2, 0.25) is 0 Å². The van der Waals surface area contributed by atoms with Crippen molar-refractivity contribution in [2.45, 2.75) is 19.0 Å². The lowest BCUT2D eigenvalue weighted by Gasteiger charge is -2.23. The predicted octanol–water partition coefficient (Wildman–Crippen LogP) is 2.40. The summed E-state index contributed by atoms with van der Waals surface area (Å²) in [5, 5.41) is 3.38. The van der Waals surface area contributed by atoms with Gasteiger partial charge in [0.05, 0.1) is 5.69 Å². The van der Waals surface area contributed by atoms with Crippen molar-refractivity contribution >= 4 is 31.9 Å². The van der Waals surface area contributed by atoms with E-state index in [-0.39, 0.29) is 0 Å². The number of nitrogens with one attached hydrogen (secondary N) is 1. The largest absolute Gasteiger partial charge is 0.315 e. The number of rotatable bonds is 3. The van der Waals surface area contributed by atoms with Gasteiger partial charge in [0.15, 0.2) is 0 Å². The normalized spacial score (nSPS) is 20.6. The van der Waals surface area contributed by atoms with Gasteiger partial charge in [0.1, 0.15) is 0 Å². The summed E-state index contributed by atoms with van der Waals surface area (Å²) in [5.41, 5.74) is 1.10. The molecule has 0 spiro atoms. The SMILES string of the molecule is CN(Cc1ncc(Br)cc1Br)C1CCNC1. The summed E-state index contributed by atoms with van der Waals surface area (Å²) in [6.45, 7) is 3.11. The second-order valence-corrected chi connectivity index (χ2v) is 5.91. The molecule has 0 aliphatic carbocycles. The van der Waals surface area contributed by atoms with Gasteiger partial charge >= 0.3 is 0 Å². The van der Waals surface area contributed by atoms with Gasteiger partial charge in [0, 0.05) is 34.3 Å². The Kier molecular flexibility index (Phi) is 4.35. The van der Waals surface area contributed by atoms with Gasteiger partial charge in [0.2, 0.25) is 0 Å². The van der Waals surface area contributed by atoms with Crippen LogP contribution >= 0.6 is 31.9 Å². The maximum absolute atomic E-state index is 4.43. The fraction of sp³-hybridized carbons (Fsp3) is 0.545. The van der Waals surface area contributed by atoms with Crippen molar-refractivity contribution < 1.29 is 0 Å². The first-order chi connectivity index (χ1) is 7.66. The molecule has 1 fully saturated rings. The van der Waals surface area contributed by atoms with Gasteiger partial charge in [-0.25, -0.2) is 0 Å². The van der Waals surface area contributed by atoms with Crippen LogP contribution in [0.5, 0.6) is 0 Å². The first kappa shape index (κ1) is 12.5. The number of hydrogen-bond acceptors (Lipinski definition) is 3. The third kappa shape index (κ3) is 3.03. The topological polar surface area (TPSA) is 28.2 Å². The van der Waals surface area contributed by atoms with Gasteiger partial charge in [-0.05, 0) is 57.9 Å². The molecule has 1 atom stereocenters. The van der Waals surface area contributed by atoms with E-state index in [1.165, 1.54) is 6.42 Å². The number of hydrogen-bond donors (Lipinski definition) is 1. The smallest absolute Gasteiger partial charge is 0.0686 e. The predicted molar refractivity (Wildman–Crippen MR) is 72.4 cm³/mol. The molecule has 3 nitrogen and oxygen atoms in total. The Morgan fingerprint density at radius 3 is 3.00 bits per heavy atom. The van der Waals surface area contributed by atoms with E-state index in [9.17, 15) is 0 Å². The van der Waals surface area contributed by atoms with Crippen LogP contribution in [0.4, 0.5) is 0 Å². The second kappa shape index (κ2) is 5.58. The summed E-state index contributed by atoms with van der Waals surface area (Å²) >= 11 is 6.96. The minimum absolute atomic E-state index is 0.636. The lowest BCUT2D eigenvalue weighted by molar-refractivity contribution is 0.245. The van der Waals surface area contributed by atoms with Gasteiger partial charge in [0.25, 0.3) is 0 Å². The Hall–Kier alpha value is 0.0300. The Morgan fingerprint density at radius 2 is 2.38 bits per heavy atom. The monoisotopic (exact) mass is 347 g/mol.